The van der Waals surface area contributed by atoms with Gasteiger partial charge < -0.3 is 19.9 Å². The van der Waals surface area contributed by atoms with E-state index in [9.17, 15) is 31.1 Å². The van der Waals surface area contributed by atoms with Gasteiger partial charge in [0.2, 0.25) is 0 Å². The smallest absolute Gasteiger partial charge is 0.461 e. The molecule has 1 saturated heterocycles. The van der Waals surface area contributed by atoms with Crippen LogP contribution in [0.5, 0.6) is 5.75 Å². The molecule has 3 rings (SSSR count). The molecular weight excluding hydrogens is 480 g/mol. The molecule has 0 amide bonds. The lowest BCUT2D eigenvalue weighted by Gasteiger charge is -2.31. The van der Waals surface area contributed by atoms with Crippen LogP contribution in [0.4, 0.5) is 26.3 Å². The van der Waals surface area contributed by atoms with Crippen molar-refractivity contribution in [3.63, 3.8) is 0 Å². The number of alkyl halides is 6. The van der Waals surface area contributed by atoms with Crippen molar-refractivity contribution >= 4 is 5.97 Å². The van der Waals surface area contributed by atoms with E-state index in [-0.39, 0.29) is 30.8 Å². The molecular formula is C24H25F6NO4. The Morgan fingerprint density at radius 2 is 1.49 bits per heavy atom. The summed E-state index contributed by atoms with van der Waals surface area (Å²) >= 11 is 0. The second-order valence-electron chi connectivity index (χ2n) is 8.50. The predicted octanol–water partition coefficient (Wildman–Crippen LogP) is 4.91. The van der Waals surface area contributed by atoms with Crippen LogP contribution in [0.25, 0.3) is 0 Å². The van der Waals surface area contributed by atoms with Gasteiger partial charge in [-0.1, -0.05) is 24.3 Å². The van der Waals surface area contributed by atoms with Crippen LogP contribution in [0, 0.1) is 11.8 Å². The molecule has 5 nitrogen and oxygen atoms in total. The van der Waals surface area contributed by atoms with Gasteiger partial charge in [0, 0.05) is 5.92 Å². The first-order valence-electron chi connectivity index (χ1n) is 10.9. The Morgan fingerprint density at radius 3 is 2.06 bits per heavy atom. The Morgan fingerprint density at radius 1 is 0.914 bits per heavy atom. The van der Waals surface area contributed by atoms with E-state index < -0.39 is 36.2 Å². The van der Waals surface area contributed by atoms with Crippen molar-refractivity contribution < 1.29 is 45.3 Å². The van der Waals surface area contributed by atoms with E-state index in [2.05, 4.69) is 4.74 Å². The van der Waals surface area contributed by atoms with E-state index in [1.165, 1.54) is 36.4 Å². The van der Waals surface area contributed by atoms with Gasteiger partial charge in [0.25, 0.3) is 0 Å². The van der Waals surface area contributed by atoms with E-state index in [0.717, 1.165) is 12.1 Å². The Balaban J connectivity index is 1.84. The van der Waals surface area contributed by atoms with Crippen LogP contribution >= 0.6 is 0 Å². The molecule has 35 heavy (non-hydrogen) atoms. The van der Waals surface area contributed by atoms with Crippen LogP contribution < -0.4 is 10.5 Å². The minimum absolute atomic E-state index is 0.0781. The molecule has 0 radical (unpaired) electrons. The number of hydrogen-bond donors (Lipinski definition) is 1. The van der Waals surface area contributed by atoms with Crippen molar-refractivity contribution in [1.29, 1.82) is 0 Å². The molecule has 2 N–H and O–H groups in total. The highest BCUT2D eigenvalue weighted by Crippen LogP contribution is 2.32. The fourth-order valence-corrected chi connectivity index (χ4v) is 4.05. The molecule has 1 aliphatic heterocycles. The van der Waals surface area contributed by atoms with E-state index in [4.69, 9.17) is 15.2 Å². The molecule has 1 heterocycles. The lowest BCUT2D eigenvalue weighted by atomic mass is 9.80. The highest BCUT2D eigenvalue weighted by atomic mass is 19.4. The number of halogens is 6. The number of carbonyl (C=O) groups is 1. The van der Waals surface area contributed by atoms with E-state index in [1.807, 2.05) is 0 Å². The van der Waals surface area contributed by atoms with Crippen molar-refractivity contribution in [3.05, 3.63) is 65.2 Å². The maximum atomic E-state index is 12.9. The number of benzene rings is 2. The van der Waals surface area contributed by atoms with E-state index in [0.29, 0.717) is 24.0 Å². The van der Waals surface area contributed by atoms with Gasteiger partial charge in [0.05, 0.1) is 18.8 Å². The van der Waals surface area contributed by atoms with Crippen molar-refractivity contribution in [2.24, 2.45) is 17.6 Å². The Labute approximate surface area is 198 Å². The maximum Gasteiger partial charge on any atom is 0.573 e. The van der Waals surface area contributed by atoms with Gasteiger partial charge in [-0.25, -0.2) is 0 Å². The zero-order valence-corrected chi connectivity index (χ0v) is 18.7. The molecule has 11 heteroatoms. The fourth-order valence-electron chi connectivity index (χ4n) is 4.05. The second kappa shape index (κ2) is 10.9. The number of hydrogen-bond acceptors (Lipinski definition) is 5. The molecule has 0 spiro atoms. The average Bonchev–Trinajstić information content (AvgIpc) is 2.80. The fraction of sp³-hybridized carbons (Fsp3) is 0.458. The first-order valence-corrected chi connectivity index (χ1v) is 10.9. The number of nitrogens with two attached hydrogens (primary N) is 1. The second-order valence-corrected chi connectivity index (χ2v) is 8.50. The Kier molecular flexibility index (Phi) is 8.32. The molecule has 4 atom stereocenters. The third kappa shape index (κ3) is 7.86. The molecule has 0 aromatic heterocycles. The summed E-state index contributed by atoms with van der Waals surface area (Å²) < 4.78 is 91.2. The van der Waals surface area contributed by atoms with Crippen LogP contribution in [0.15, 0.2) is 48.5 Å². The number of esters is 1. The predicted molar refractivity (Wildman–Crippen MR) is 113 cm³/mol. The van der Waals surface area contributed by atoms with Gasteiger partial charge in [-0.3, -0.25) is 4.79 Å². The summed E-state index contributed by atoms with van der Waals surface area (Å²) in [6, 6.07) is 9.11. The Bertz CT molecular complexity index is 975. The van der Waals surface area contributed by atoms with Gasteiger partial charge >= 0.3 is 18.5 Å². The van der Waals surface area contributed by atoms with Crippen molar-refractivity contribution in [2.45, 2.75) is 44.4 Å². The molecule has 0 saturated carbocycles. The van der Waals surface area contributed by atoms with Crippen LogP contribution in [0.2, 0.25) is 0 Å². The SMILES string of the molecule is C[C@@H]1OC(=O)[C@@H](N)COC[C@H](Cc2ccc(C(F)(F)F)cc2)[C@H]1Cc1ccc(OC(F)(F)F)cc1. The summed E-state index contributed by atoms with van der Waals surface area (Å²) in [6.45, 7) is 1.77. The zero-order chi connectivity index (χ0) is 25.8. The van der Waals surface area contributed by atoms with Crippen LogP contribution in [0.1, 0.15) is 23.6 Å². The molecule has 0 bridgehead atoms. The minimum atomic E-state index is -4.81. The molecule has 192 valence electrons. The molecule has 1 aliphatic rings. The van der Waals surface area contributed by atoms with E-state index in [1.54, 1.807) is 6.92 Å². The highest BCUT2D eigenvalue weighted by molar-refractivity contribution is 5.75. The van der Waals surface area contributed by atoms with Gasteiger partial charge in [-0.05, 0) is 61.1 Å². The molecule has 1 fully saturated rings. The largest absolute Gasteiger partial charge is 0.573 e. The summed E-state index contributed by atoms with van der Waals surface area (Å²) in [5.74, 6) is -1.66. The first kappa shape index (κ1) is 26.8. The van der Waals surface area contributed by atoms with Gasteiger partial charge in [0.15, 0.2) is 0 Å². The number of carbonyl (C=O) groups excluding carboxylic acids is 1. The average molecular weight is 505 g/mol. The molecule has 0 unspecified atom stereocenters. The summed E-state index contributed by atoms with van der Waals surface area (Å²) in [6.07, 6.45) is -9.27. The molecule has 0 aliphatic carbocycles. The van der Waals surface area contributed by atoms with Crippen molar-refractivity contribution in [1.82, 2.24) is 0 Å². The van der Waals surface area contributed by atoms with E-state index >= 15 is 0 Å². The van der Waals surface area contributed by atoms with Crippen LogP contribution in [-0.2, 0) is 33.3 Å². The quantitative estimate of drug-likeness (QED) is 0.462. The third-order valence-electron chi connectivity index (χ3n) is 5.85. The van der Waals surface area contributed by atoms with Crippen LogP contribution in [-0.4, -0.2) is 37.7 Å². The van der Waals surface area contributed by atoms with Crippen molar-refractivity contribution in [2.75, 3.05) is 13.2 Å². The van der Waals surface area contributed by atoms with Crippen molar-refractivity contribution in [3.8, 4) is 5.75 Å². The van der Waals surface area contributed by atoms with Gasteiger partial charge in [0.1, 0.15) is 17.9 Å². The number of rotatable bonds is 5. The number of cyclic esters (lactones) is 1. The topological polar surface area (TPSA) is 70.8 Å². The maximum absolute atomic E-state index is 12.9. The third-order valence-corrected chi connectivity index (χ3v) is 5.85. The summed E-state index contributed by atoms with van der Waals surface area (Å²) in [5, 5.41) is 0. The lowest BCUT2D eigenvalue weighted by molar-refractivity contribution is -0.274. The van der Waals surface area contributed by atoms with Gasteiger partial charge in [-0.15, -0.1) is 13.2 Å². The van der Waals surface area contributed by atoms with Gasteiger partial charge in [-0.2, -0.15) is 13.2 Å². The molecule has 2 aromatic carbocycles. The van der Waals surface area contributed by atoms with Crippen LogP contribution in [0.3, 0.4) is 0 Å². The normalized spacial score (nSPS) is 24.2. The minimum Gasteiger partial charge on any atom is -0.461 e. The summed E-state index contributed by atoms with van der Waals surface area (Å²) in [5.41, 5.74) is 6.31. The Hall–Kier alpha value is -2.79. The molecule has 2 aromatic rings. The zero-order valence-electron chi connectivity index (χ0n) is 18.7. The summed E-state index contributed by atoms with van der Waals surface area (Å²) in [4.78, 5) is 12.2. The summed E-state index contributed by atoms with van der Waals surface area (Å²) in [7, 11) is 0. The first-order chi connectivity index (χ1) is 16.3. The monoisotopic (exact) mass is 505 g/mol. The standard InChI is InChI=1S/C24H25F6NO4/c1-14-20(11-16-4-8-19(9-5-16)35-24(28,29)30)17(12-33-13-21(31)22(32)34-14)10-15-2-6-18(7-3-15)23(25,26)27/h2-9,14,17,20-21H,10-13,31H2,1H3/t14-,17-,20-,21-/m0/s1. The lowest BCUT2D eigenvalue weighted by Crippen LogP contribution is -2.39. The number of ether oxygens (including phenoxy) is 3. The highest BCUT2D eigenvalue weighted by Gasteiger charge is 2.35.